The highest BCUT2D eigenvalue weighted by Crippen LogP contribution is 2.25. The van der Waals surface area contributed by atoms with Gasteiger partial charge < -0.3 is 0 Å². The van der Waals surface area contributed by atoms with Crippen molar-refractivity contribution < 1.29 is 9.59 Å². The summed E-state index contributed by atoms with van der Waals surface area (Å²) in [7, 11) is 0. The van der Waals surface area contributed by atoms with E-state index in [1.807, 2.05) is 0 Å². The molecule has 0 amide bonds. The molecule has 0 aromatic heterocycles. The number of Topliss-reactive ketones (excluding diaryl/α,β-unsaturated/α-hetero) is 2. The molecule has 1 unspecified atom stereocenters. The van der Waals surface area contributed by atoms with Gasteiger partial charge in [-0.05, 0) is 6.92 Å². The van der Waals surface area contributed by atoms with E-state index in [1.165, 1.54) is 0 Å². The Balaban J connectivity index is 2.34. The van der Waals surface area contributed by atoms with Crippen LogP contribution in [0.5, 0.6) is 0 Å². The van der Waals surface area contributed by atoms with E-state index in [0.29, 0.717) is 25.0 Å². The molecule has 11 heavy (non-hydrogen) atoms. The van der Waals surface area contributed by atoms with Crippen molar-refractivity contribution in [2.75, 3.05) is 5.75 Å². The van der Waals surface area contributed by atoms with Gasteiger partial charge >= 0.3 is 0 Å². The lowest BCUT2D eigenvalue weighted by molar-refractivity contribution is -0.119. The van der Waals surface area contributed by atoms with Crippen LogP contribution in [-0.2, 0) is 9.59 Å². The molecule has 0 aromatic carbocycles. The maximum Gasteiger partial charge on any atom is 0.134 e. The van der Waals surface area contributed by atoms with Gasteiger partial charge in [0, 0.05) is 30.3 Å². The van der Waals surface area contributed by atoms with Crippen LogP contribution in [0.1, 0.15) is 26.2 Å². The van der Waals surface area contributed by atoms with Crippen LogP contribution in [0.2, 0.25) is 0 Å². The van der Waals surface area contributed by atoms with Crippen molar-refractivity contribution >= 4 is 23.3 Å². The van der Waals surface area contributed by atoms with E-state index >= 15 is 0 Å². The maximum absolute atomic E-state index is 10.9. The number of carbonyl (C=O) groups excluding carboxylic acids is 2. The standard InChI is InChI=1S/C8H12O2S/c1-6(9)4-8-5-7(10)2-3-11-8/h8H,2-5H2,1H3. The molecule has 1 rings (SSSR count). The Morgan fingerprint density at radius 2 is 2.45 bits per heavy atom. The van der Waals surface area contributed by atoms with Gasteiger partial charge in [-0.3, -0.25) is 9.59 Å². The number of carbonyl (C=O) groups is 2. The van der Waals surface area contributed by atoms with Crippen LogP contribution in [0.3, 0.4) is 0 Å². The van der Waals surface area contributed by atoms with E-state index < -0.39 is 0 Å². The molecule has 3 heteroatoms. The second-order valence-corrected chi connectivity index (χ2v) is 4.30. The highest BCUT2D eigenvalue weighted by molar-refractivity contribution is 8.00. The van der Waals surface area contributed by atoms with E-state index in [9.17, 15) is 9.59 Å². The Hall–Kier alpha value is -0.310. The average Bonchev–Trinajstić information content (AvgIpc) is 1.85. The molecule has 1 aliphatic heterocycles. The van der Waals surface area contributed by atoms with Gasteiger partial charge in [-0.1, -0.05) is 0 Å². The smallest absolute Gasteiger partial charge is 0.134 e. The molecular weight excluding hydrogens is 160 g/mol. The molecule has 0 radical (unpaired) electrons. The van der Waals surface area contributed by atoms with Gasteiger partial charge in [0.1, 0.15) is 11.6 Å². The minimum atomic E-state index is 0.192. The van der Waals surface area contributed by atoms with E-state index in [-0.39, 0.29) is 11.0 Å². The zero-order chi connectivity index (χ0) is 8.27. The third-order valence-electron chi connectivity index (χ3n) is 1.70. The second-order valence-electron chi connectivity index (χ2n) is 2.89. The number of thioether (sulfide) groups is 1. The van der Waals surface area contributed by atoms with Crippen molar-refractivity contribution in [3.63, 3.8) is 0 Å². The van der Waals surface area contributed by atoms with Crippen molar-refractivity contribution in [1.82, 2.24) is 0 Å². The summed E-state index contributed by atoms with van der Waals surface area (Å²) < 4.78 is 0. The van der Waals surface area contributed by atoms with Gasteiger partial charge in [-0.2, -0.15) is 11.8 Å². The van der Waals surface area contributed by atoms with Crippen LogP contribution in [0, 0.1) is 0 Å². The molecule has 1 heterocycles. The van der Waals surface area contributed by atoms with E-state index in [1.54, 1.807) is 18.7 Å². The predicted molar refractivity (Wildman–Crippen MR) is 45.8 cm³/mol. The van der Waals surface area contributed by atoms with Gasteiger partial charge in [0.25, 0.3) is 0 Å². The molecule has 0 spiro atoms. The number of ketones is 2. The topological polar surface area (TPSA) is 34.1 Å². The predicted octanol–water partition coefficient (Wildman–Crippen LogP) is 1.43. The quantitative estimate of drug-likeness (QED) is 0.632. The fourth-order valence-electron chi connectivity index (χ4n) is 1.21. The molecule has 0 bridgehead atoms. The lowest BCUT2D eigenvalue weighted by Crippen LogP contribution is -2.19. The fraction of sp³-hybridized carbons (Fsp3) is 0.750. The zero-order valence-corrected chi connectivity index (χ0v) is 7.45. The number of hydrogen-bond donors (Lipinski definition) is 0. The van der Waals surface area contributed by atoms with E-state index in [0.717, 1.165) is 5.75 Å². The normalized spacial score (nSPS) is 25.2. The largest absolute Gasteiger partial charge is 0.300 e. The fourth-order valence-corrected chi connectivity index (χ4v) is 2.54. The Bertz CT molecular complexity index is 175. The first-order valence-corrected chi connectivity index (χ1v) is 4.86. The Morgan fingerprint density at radius 1 is 1.73 bits per heavy atom. The lowest BCUT2D eigenvalue weighted by atomic mass is 10.1. The molecule has 62 valence electrons. The third-order valence-corrected chi connectivity index (χ3v) is 2.95. The van der Waals surface area contributed by atoms with Gasteiger partial charge in [0.15, 0.2) is 0 Å². The summed E-state index contributed by atoms with van der Waals surface area (Å²) in [4.78, 5) is 21.6. The first-order valence-electron chi connectivity index (χ1n) is 3.81. The average molecular weight is 172 g/mol. The van der Waals surface area contributed by atoms with Crippen molar-refractivity contribution in [3.05, 3.63) is 0 Å². The Kier molecular flexibility index (Phi) is 3.12. The molecule has 1 atom stereocenters. The van der Waals surface area contributed by atoms with Gasteiger partial charge in [-0.15, -0.1) is 0 Å². The van der Waals surface area contributed by atoms with Crippen LogP contribution < -0.4 is 0 Å². The van der Waals surface area contributed by atoms with E-state index in [2.05, 4.69) is 0 Å². The molecule has 0 N–H and O–H groups in total. The lowest BCUT2D eigenvalue weighted by Gasteiger charge is -2.18. The first kappa shape index (κ1) is 8.78. The Morgan fingerprint density at radius 3 is 3.00 bits per heavy atom. The highest BCUT2D eigenvalue weighted by Gasteiger charge is 2.20. The van der Waals surface area contributed by atoms with Crippen molar-refractivity contribution in [2.24, 2.45) is 0 Å². The molecule has 0 aliphatic carbocycles. The van der Waals surface area contributed by atoms with Crippen molar-refractivity contribution in [3.8, 4) is 0 Å². The van der Waals surface area contributed by atoms with Gasteiger partial charge in [0.05, 0.1) is 0 Å². The molecule has 2 nitrogen and oxygen atoms in total. The van der Waals surface area contributed by atoms with E-state index in [4.69, 9.17) is 0 Å². The van der Waals surface area contributed by atoms with Gasteiger partial charge in [-0.25, -0.2) is 0 Å². The minimum Gasteiger partial charge on any atom is -0.300 e. The van der Waals surface area contributed by atoms with Gasteiger partial charge in [0.2, 0.25) is 0 Å². The molecule has 1 aliphatic rings. The summed E-state index contributed by atoms with van der Waals surface area (Å²) in [6, 6.07) is 0. The zero-order valence-electron chi connectivity index (χ0n) is 6.63. The first-order chi connectivity index (χ1) is 5.18. The van der Waals surface area contributed by atoms with Crippen molar-refractivity contribution in [1.29, 1.82) is 0 Å². The summed E-state index contributed by atoms with van der Waals surface area (Å²) in [6.45, 7) is 1.58. The monoisotopic (exact) mass is 172 g/mol. The molecule has 1 saturated heterocycles. The van der Waals surface area contributed by atoms with Crippen LogP contribution in [0.4, 0.5) is 0 Å². The van der Waals surface area contributed by atoms with Crippen molar-refractivity contribution in [2.45, 2.75) is 31.4 Å². The highest BCUT2D eigenvalue weighted by atomic mass is 32.2. The summed E-state index contributed by atoms with van der Waals surface area (Å²) in [5.41, 5.74) is 0. The second kappa shape index (κ2) is 3.90. The van der Waals surface area contributed by atoms with Crippen LogP contribution >= 0.6 is 11.8 Å². The minimum absolute atomic E-state index is 0.192. The molecule has 1 fully saturated rings. The third kappa shape index (κ3) is 3.06. The summed E-state index contributed by atoms with van der Waals surface area (Å²) in [6.07, 6.45) is 1.86. The SMILES string of the molecule is CC(=O)CC1CC(=O)CCS1. The van der Waals surface area contributed by atoms with Crippen LogP contribution in [0.15, 0.2) is 0 Å². The molecule has 0 saturated carbocycles. The summed E-state index contributed by atoms with van der Waals surface area (Å²) in [5, 5.41) is 0.272. The molecular formula is C8H12O2S. The van der Waals surface area contributed by atoms with Crippen LogP contribution in [0.25, 0.3) is 0 Å². The Labute approximate surface area is 70.7 Å². The van der Waals surface area contributed by atoms with Crippen LogP contribution in [-0.4, -0.2) is 22.6 Å². The summed E-state index contributed by atoms with van der Waals surface area (Å²) in [5.74, 6) is 1.41. The molecule has 0 aromatic rings. The maximum atomic E-state index is 10.9. The summed E-state index contributed by atoms with van der Waals surface area (Å²) >= 11 is 1.75. The number of rotatable bonds is 2. The number of hydrogen-bond acceptors (Lipinski definition) is 3.